The second kappa shape index (κ2) is 7.18. The fourth-order valence-corrected chi connectivity index (χ4v) is 4.26. The molecule has 0 unspecified atom stereocenters. The van der Waals surface area contributed by atoms with Gasteiger partial charge in [0, 0.05) is 18.7 Å². The zero-order valence-corrected chi connectivity index (χ0v) is 15.9. The van der Waals surface area contributed by atoms with Gasteiger partial charge in [-0.2, -0.15) is 5.10 Å². The smallest absolute Gasteiger partial charge is 0.274 e. The van der Waals surface area contributed by atoms with Gasteiger partial charge >= 0.3 is 0 Å². The van der Waals surface area contributed by atoms with Crippen molar-refractivity contribution >= 4 is 27.5 Å². The fourth-order valence-electron chi connectivity index (χ4n) is 3.33. The summed E-state index contributed by atoms with van der Waals surface area (Å²) >= 11 is 1.56. The number of thiazole rings is 1. The van der Waals surface area contributed by atoms with Crippen molar-refractivity contribution in [3.63, 3.8) is 0 Å². The van der Waals surface area contributed by atoms with Crippen LogP contribution in [0.3, 0.4) is 0 Å². The third-order valence-corrected chi connectivity index (χ3v) is 5.77. The van der Waals surface area contributed by atoms with Crippen molar-refractivity contribution in [2.24, 2.45) is 0 Å². The van der Waals surface area contributed by atoms with Crippen molar-refractivity contribution in [1.82, 2.24) is 19.7 Å². The molecule has 0 aliphatic carbocycles. The molecule has 0 N–H and O–H groups in total. The summed E-state index contributed by atoms with van der Waals surface area (Å²) in [6, 6.07) is 19.8. The van der Waals surface area contributed by atoms with E-state index in [1.165, 1.54) is 0 Å². The minimum atomic E-state index is -0.0691. The Morgan fingerprint density at radius 2 is 1.75 bits per heavy atom. The molecule has 3 heterocycles. The number of hydrogen-bond acceptors (Lipinski definition) is 5. The predicted octanol–water partition coefficient (Wildman–Crippen LogP) is 3.62. The quantitative estimate of drug-likeness (QED) is 0.536. The van der Waals surface area contributed by atoms with Crippen molar-refractivity contribution in [2.75, 3.05) is 26.3 Å². The van der Waals surface area contributed by atoms with Crippen LogP contribution in [0.5, 0.6) is 0 Å². The van der Waals surface area contributed by atoms with E-state index in [1.807, 2.05) is 60.7 Å². The van der Waals surface area contributed by atoms with E-state index in [0.717, 1.165) is 26.6 Å². The Labute approximate surface area is 166 Å². The number of amides is 1. The second-order valence-electron chi connectivity index (χ2n) is 6.56. The standard InChI is InChI=1S/C21H18N4O2S/c26-20(24-10-12-27-13-11-24)17-14-18(15-6-2-1-3-7-15)25(23-17)21-22-16-8-4-5-9-19(16)28-21/h1-9,14H,10-13H2. The molecule has 1 fully saturated rings. The van der Waals surface area contributed by atoms with Crippen LogP contribution >= 0.6 is 11.3 Å². The molecule has 2 aromatic heterocycles. The summed E-state index contributed by atoms with van der Waals surface area (Å²) in [5.74, 6) is -0.0691. The van der Waals surface area contributed by atoms with Crippen LogP contribution in [0.4, 0.5) is 0 Å². The molecule has 6 nitrogen and oxygen atoms in total. The molecule has 2 aromatic carbocycles. The monoisotopic (exact) mass is 390 g/mol. The Kier molecular flexibility index (Phi) is 4.38. The molecule has 0 bridgehead atoms. The van der Waals surface area contributed by atoms with Gasteiger partial charge in [-0.15, -0.1) is 0 Å². The second-order valence-corrected chi connectivity index (χ2v) is 7.57. The highest BCUT2D eigenvalue weighted by atomic mass is 32.1. The van der Waals surface area contributed by atoms with Crippen LogP contribution in [0.25, 0.3) is 26.6 Å². The van der Waals surface area contributed by atoms with Crippen LogP contribution < -0.4 is 0 Å². The maximum absolute atomic E-state index is 13.0. The van der Waals surface area contributed by atoms with Crippen molar-refractivity contribution in [3.05, 3.63) is 66.4 Å². The van der Waals surface area contributed by atoms with Gasteiger partial charge in [-0.05, 0) is 18.2 Å². The highest BCUT2D eigenvalue weighted by molar-refractivity contribution is 7.20. The lowest BCUT2D eigenvalue weighted by molar-refractivity contribution is 0.0298. The molecule has 28 heavy (non-hydrogen) atoms. The SMILES string of the molecule is O=C(c1cc(-c2ccccc2)n(-c2nc3ccccc3s2)n1)N1CCOCC1. The molecule has 0 radical (unpaired) electrons. The average molecular weight is 390 g/mol. The zero-order chi connectivity index (χ0) is 18.9. The molecule has 1 saturated heterocycles. The van der Waals surface area contributed by atoms with Crippen LogP contribution in [0, 0.1) is 0 Å². The Morgan fingerprint density at radius 3 is 2.54 bits per heavy atom. The number of benzene rings is 2. The van der Waals surface area contributed by atoms with E-state index in [-0.39, 0.29) is 5.91 Å². The van der Waals surface area contributed by atoms with Crippen LogP contribution in [-0.2, 0) is 4.74 Å². The summed E-state index contributed by atoms with van der Waals surface area (Å²) in [5, 5.41) is 5.41. The number of carbonyl (C=O) groups excluding carboxylic acids is 1. The highest BCUT2D eigenvalue weighted by Crippen LogP contribution is 2.29. The summed E-state index contributed by atoms with van der Waals surface area (Å²) in [7, 11) is 0. The first-order valence-corrected chi connectivity index (χ1v) is 10.00. The van der Waals surface area contributed by atoms with Gasteiger partial charge in [0.25, 0.3) is 5.91 Å². The molecular weight excluding hydrogens is 372 g/mol. The normalized spacial score (nSPS) is 14.5. The lowest BCUT2D eigenvalue weighted by Gasteiger charge is -2.25. The highest BCUT2D eigenvalue weighted by Gasteiger charge is 2.24. The van der Waals surface area contributed by atoms with Gasteiger partial charge in [-0.25, -0.2) is 9.67 Å². The lowest BCUT2D eigenvalue weighted by Crippen LogP contribution is -2.40. The first-order chi connectivity index (χ1) is 13.8. The average Bonchev–Trinajstić information content (AvgIpc) is 3.39. The van der Waals surface area contributed by atoms with Gasteiger partial charge in [0.1, 0.15) is 0 Å². The number of para-hydroxylation sites is 1. The molecule has 0 spiro atoms. The van der Waals surface area contributed by atoms with E-state index in [1.54, 1.807) is 20.9 Å². The largest absolute Gasteiger partial charge is 0.378 e. The van der Waals surface area contributed by atoms with Gasteiger partial charge < -0.3 is 9.64 Å². The molecular formula is C21H18N4O2S. The molecule has 1 amide bonds. The number of morpholine rings is 1. The number of ether oxygens (including phenoxy) is 1. The molecule has 140 valence electrons. The van der Waals surface area contributed by atoms with Crippen molar-refractivity contribution in [2.45, 2.75) is 0 Å². The molecule has 5 rings (SSSR count). The van der Waals surface area contributed by atoms with E-state index in [4.69, 9.17) is 9.72 Å². The number of rotatable bonds is 3. The Bertz CT molecular complexity index is 1100. The topological polar surface area (TPSA) is 60.2 Å². The summed E-state index contributed by atoms with van der Waals surface area (Å²) in [4.78, 5) is 19.5. The maximum atomic E-state index is 13.0. The third-order valence-electron chi connectivity index (χ3n) is 4.76. The van der Waals surface area contributed by atoms with E-state index < -0.39 is 0 Å². The molecule has 0 atom stereocenters. The summed E-state index contributed by atoms with van der Waals surface area (Å²) < 4.78 is 8.24. The molecule has 1 aliphatic rings. The minimum Gasteiger partial charge on any atom is -0.378 e. The Morgan fingerprint density at radius 1 is 1.00 bits per heavy atom. The van der Waals surface area contributed by atoms with Gasteiger partial charge in [-0.3, -0.25) is 4.79 Å². The number of nitrogens with zero attached hydrogens (tertiary/aromatic N) is 4. The first-order valence-electron chi connectivity index (χ1n) is 9.18. The molecule has 4 aromatic rings. The van der Waals surface area contributed by atoms with Crippen LogP contribution in [0.1, 0.15) is 10.5 Å². The van der Waals surface area contributed by atoms with Gasteiger partial charge in [0.05, 0.1) is 29.1 Å². The lowest BCUT2D eigenvalue weighted by atomic mass is 10.1. The number of hydrogen-bond donors (Lipinski definition) is 0. The summed E-state index contributed by atoms with van der Waals surface area (Å²) in [6.07, 6.45) is 0. The summed E-state index contributed by atoms with van der Waals surface area (Å²) in [6.45, 7) is 2.31. The zero-order valence-electron chi connectivity index (χ0n) is 15.1. The minimum absolute atomic E-state index is 0.0691. The first kappa shape index (κ1) is 17.1. The molecule has 1 aliphatic heterocycles. The van der Waals surface area contributed by atoms with Gasteiger partial charge in [0.2, 0.25) is 5.13 Å². The maximum Gasteiger partial charge on any atom is 0.274 e. The Hall–Kier alpha value is -3.03. The fraction of sp³-hybridized carbons (Fsp3) is 0.190. The predicted molar refractivity (Wildman–Crippen MR) is 109 cm³/mol. The number of aromatic nitrogens is 3. The van der Waals surface area contributed by atoms with Crippen LogP contribution in [0.15, 0.2) is 60.7 Å². The Balaban J connectivity index is 1.62. The number of carbonyl (C=O) groups is 1. The summed E-state index contributed by atoms with van der Waals surface area (Å²) in [5.41, 5.74) is 3.21. The van der Waals surface area contributed by atoms with Crippen molar-refractivity contribution < 1.29 is 9.53 Å². The van der Waals surface area contributed by atoms with Crippen molar-refractivity contribution in [1.29, 1.82) is 0 Å². The van der Waals surface area contributed by atoms with Crippen LogP contribution in [0.2, 0.25) is 0 Å². The molecule has 7 heteroatoms. The van der Waals surface area contributed by atoms with E-state index in [0.29, 0.717) is 32.0 Å². The third kappa shape index (κ3) is 3.08. The van der Waals surface area contributed by atoms with E-state index in [2.05, 4.69) is 5.10 Å². The van der Waals surface area contributed by atoms with Gasteiger partial charge in [-0.1, -0.05) is 53.8 Å². The van der Waals surface area contributed by atoms with E-state index in [9.17, 15) is 4.79 Å². The number of fused-ring (bicyclic) bond motifs is 1. The van der Waals surface area contributed by atoms with Gasteiger partial charge in [0.15, 0.2) is 5.69 Å². The van der Waals surface area contributed by atoms with E-state index >= 15 is 0 Å². The van der Waals surface area contributed by atoms with Crippen LogP contribution in [-0.4, -0.2) is 51.9 Å². The molecule has 0 saturated carbocycles. The van der Waals surface area contributed by atoms with Crippen molar-refractivity contribution in [3.8, 4) is 16.4 Å².